The third kappa shape index (κ3) is 4.57. The van der Waals surface area contributed by atoms with Gasteiger partial charge in [-0.1, -0.05) is 26.0 Å². The highest BCUT2D eigenvalue weighted by Gasteiger charge is 2.44. The summed E-state index contributed by atoms with van der Waals surface area (Å²) in [7, 11) is 0. The van der Waals surface area contributed by atoms with Crippen molar-refractivity contribution in [3.05, 3.63) is 68.9 Å². The van der Waals surface area contributed by atoms with Crippen LogP contribution in [0.15, 0.2) is 62.3 Å². The van der Waals surface area contributed by atoms with Gasteiger partial charge in [0, 0.05) is 29.0 Å². The molecular weight excluding hydrogens is 434 g/mol. The van der Waals surface area contributed by atoms with Crippen LogP contribution in [-0.2, 0) is 19.1 Å². The van der Waals surface area contributed by atoms with Crippen molar-refractivity contribution < 1.29 is 23.5 Å². The fourth-order valence-corrected chi connectivity index (χ4v) is 4.81. The monoisotopic (exact) mass is 465 g/mol. The highest BCUT2D eigenvalue weighted by molar-refractivity contribution is 6.04. The molecule has 180 valence electrons. The molecule has 0 spiro atoms. The molecule has 0 saturated heterocycles. The van der Waals surface area contributed by atoms with Gasteiger partial charge in [-0.2, -0.15) is 0 Å². The summed E-state index contributed by atoms with van der Waals surface area (Å²) in [5.41, 5.74) is 2.22. The zero-order chi connectivity index (χ0) is 24.6. The smallest absolute Gasteiger partial charge is 0.336 e. The van der Waals surface area contributed by atoms with E-state index in [-0.39, 0.29) is 47.1 Å². The molecule has 1 atom stereocenters. The first kappa shape index (κ1) is 24.0. The lowest BCUT2D eigenvalue weighted by Crippen LogP contribution is -2.39. The molecule has 4 rings (SSSR count). The largest absolute Gasteiger partial charge is 0.464 e. The van der Waals surface area contributed by atoms with Crippen LogP contribution < -0.4 is 10.7 Å². The van der Waals surface area contributed by atoms with Gasteiger partial charge in [0.25, 0.3) is 0 Å². The third-order valence-corrected chi connectivity index (χ3v) is 6.25. The zero-order valence-electron chi connectivity index (χ0n) is 20.3. The summed E-state index contributed by atoms with van der Waals surface area (Å²) in [6.45, 7) is 9.97. The molecule has 34 heavy (non-hydrogen) atoms. The van der Waals surface area contributed by atoms with Crippen LogP contribution in [0, 0.1) is 5.41 Å². The van der Waals surface area contributed by atoms with E-state index in [9.17, 15) is 14.4 Å². The van der Waals surface area contributed by atoms with Crippen LogP contribution in [-0.4, -0.2) is 31.1 Å². The molecule has 0 amide bonds. The minimum Gasteiger partial charge on any atom is -0.464 e. The molecule has 0 fully saturated rings. The van der Waals surface area contributed by atoms with E-state index in [0.717, 1.165) is 5.70 Å². The molecule has 0 radical (unpaired) electrons. The van der Waals surface area contributed by atoms with Gasteiger partial charge in [-0.25, -0.2) is 4.79 Å². The zero-order valence-corrected chi connectivity index (χ0v) is 20.3. The van der Waals surface area contributed by atoms with E-state index < -0.39 is 11.9 Å². The summed E-state index contributed by atoms with van der Waals surface area (Å²) in [6.07, 6.45) is 2.35. The number of nitrogens with one attached hydrogen (secondary N) is 1. The maximum absolute atomic E-state index is 13.5. The van der Waals surface area contributed by atoms with Crippen LogP contribution in [0.25, 0.3) is 11.0 Å². The van der Waals surface area contributed by atoms with Crippen LogP contribution in [0.5, 0.6) is 0 Å². The first-order valence-corrected chi connectivity index (χ1v) is 11.6. The Morgan fingerprint density at radius 1 is 1.18 bits per heavy atom. The number of hydrogen-bond donors (Lipinski definition) is 1. The van der Waals surface area contributed by atoms with Crippen molar-refractivity contribution in [2.24, 2.45) is 5.41 Å². The Labute approximate surface area is 198 Å². The average molecular weight is 466 g/mol. The van der Waals surface area contributed by atoms with Gasteiger partial charge in [0.15, 0.2) is 11.2 Å². The van der Waals surface area contributed by atoms with Crippen molar-refractivity contribution in [2.45, 2.75) is 59.5 Å². The third-order valence-electron chi connectivity index (χ3n) is 6.25. The number of fused-ring (bicyclic) bond motifs is 1. The van der Waals surface area contributed by atoms with Gasteiger partial charge < -0.3 is 19.2 Å². The molecule has 1 aromatic carbocycles. The lowest BCUT2D eigenvalue weighted by Gasteiger charge is -2.39. The number of dihydropyridines is 1. The standard InChI is InChI=1S/C27H31NO6/c1-15(2)32-10-11-33-26(31)22-16(3)28-19-12-27(4,5)13-20(29)24(19)23(22)18-14-34-21-9-7-6-8-17(21)25(18)30/h6-9,14-15,23,28H,10-13H2,1-5H3/t23-/m0/s1. The Morgan fingerprint density at radius 3 is 2.65 bits per heavy atom. The number of Topliss-reactive ketones (excluding diaryl/α,β-unsaturated/α-hetero) is 1. The normalized spacial score (nSPS) is 19.9. The van der Waals surface area contributed by atoms with E-state index in [2.05, 4.69) is 5.32 Å². The molecule has 0 unspecified atom stereocenters. The Hall–Kier alpha value is -3.19. The van der Waals surface area contributed by atoms with Crippen LogP contribution in [0.2, 0.25) is 0 Å². The Bertz CT molecular complexity index is 1260. The van der Waals surface area contributed by atoms with Gasteiger partial charge >= 0.3 is 5.97 Å². The first-order valence-electron chi connectivity index (χ1n) is 11.6. The Balaban J connectivity index is 1.81. The molecule has 7 heteroatoms. The van der Waals surface area contributed by atoms with Crippen LogP contribution in [0.3, 0.4) is 0 Å². The van der Waals surface area contributed by atoms with E-state index in [4.69, 9.17) is 13.9 Å². The minimum absolute atomic E-state index is 0.0157. The Morgan fingerprint density at radius 2 is 1.91 bits per heavy atom. The second-order valence-electron chi connectivity index (χ2n) is 10.0. The summed E-state index contributed by atoms with van der Waals surface area (Å²) in [4.78, 5) is 40.2. The number of benzene rings is 1. The second-order valence-corrected chi connectivity index (χ2v) is 10.0. The lowest BCUT2D eigenvalue weighted by atomic mass is 9.68. The van der Waals surface area contributed by atoms with E-state index in [1.54, 1.807) is 31.2 Å². The summed E-state index contributed by atoms with van der Waals surface area (Å²) >= 11 is 0. The van der Waals surface area contributed by atoms with Gasteiger partial charge in [0.1, 0.15) is 12.2 Å². The van der Waals surface area contributed by atoms with Crippen molar-refractivity contribution in [1.82, 2.24) is 5.32 Å². The van der Waals surface area contributed by atoms with E-state index in [1.807, 2.05) is 27.7 Å². The molecule has 1 aromatic heterocycles. The molecule has 2 heterocycles. The molecule has 0 bridgehead atoms. The number of hydrogen-bond acceptors (Lipinski definition) is 7. The fourth-order valence-electron chi connectivity index (χ4n) is 4.81. The van der Waals surface area contributed by atoms with Crippen LogP contribution in [0.4, 0.5) is 0 Å². The SMILES string of the molecule is CC1=C(C(=O)OCCOC(C)C)[C@H](c2coc3ccccc3c2=O)C2=C(CC(C)(C)CC2=O)N1. The minimum atomic E-state index is -0.862. The molecular formula is C27H31NO6. The maximum Gasteiger partial charge on any atom is 0.336 e. The van der Waals surface area contributed by atoms with Crippen LogP contribution >= 0.6 is 0 Å². The summed E-state index contributed by atoms with van der Waals surface area (Å²) in [5.74, 6) is -1.53. The van der Waals surface area contributed by atoms with E-state index >= 15 is 0 Å². The first-order chi connectivity index (χ1) is 16.1. The highest BCUT2D eigenvalue weighted by Crippen LogP contribution is 2.46. The van der Waals surface area contributed by atoms with Crippen molar-refractivity contribution in [3.8, 4) is 0 Å². The number of carbonyl (C=O) groups excluding carboxylic acids is 2. The second kappa shape index (κ2) is 9.22. The molecule has 7 nitrogen and oxygen atoms in total. The topological polar surface area (TPSA) is 94.8 Å². The number of ketones is 1. The van der Waals surface area contributed by atoms with Crippen molar-refractivity contribution in [3.63, 3.8) is 0 Å². The number of allylic oxidation sites excluding steroid dienone is 3. The van der Waals surface area contributed by atoms with Gasteiger partial charge in [0.2, 0.25) is 0 Å². The number of esters is 1. The molecule has 1 aliphatic heterocycles. The van der Waals surface area contributed by atoms with Crippen molar-refractivity contribution >= 4 is 22.7 Å². The van der Waals surface area contributed by atoms with Gasteiger partial charge in [-0.15, -0.1) is 0 Å². The fraction of sp³-hybridized carbons (Fsp3) is 0.444. The average Bonchev–Trinajstić information content (AvgIpc) is 2.75. The highest BCUT2D eigenvalue weighted by atomic mass is 16.6. The maximum atomic E-state index is 13.5. The van der Waals surface area contributed by atoms with E-state index in [1.165, 1.54) is 6.26 Å². The number of ether oxygens (including phenoxy) is 2. The molecule has 1 N–H and O–H groups in total. The van der Waals surface area contributed by atoms with Crippen molar-refractivity contribution in [1.29, 1.82) is 0 Å². The number of para-hydroxylation sites is 1. The predicted molar refractivity (Wildman–Crippen MR) is 128 cm³/mol. The predicted octanol–water partition coefficient (Wildman–Crippen LogP) is 4.37. The summed E-state index contributed by atoms with van der Waals surface area (Å²) in [6, 6.07) is 6.95. The molecule has 2 aromatic rings. The quantitative estimate of drug-likeness (QED) is 0.500. The van der Waals surface area contributed by atoms with E-state index in [0.29, 0.717) is 35.1 Å². The summed E-state index contributed by atoms with van der Waals surface area (Å²) in [5, 5.41) is 3.68. The van der Waals surface area contributed by atoms with Gasteiger partial charge in [0.05, 0.1) is 35.9 Å². The lowest BCUT2D eigenvalue weighted by molar-refractivity contribution is -0.141. The number of carbonyl (C=O) groups is 2. The van der Waals surface area contributed by atoms with Gasteiger partial charge in [-0.05, 0) is 44.7 Å². The number of rotatable bonds is 6. The summed E-state index contributed by atoms with van der Waals surface area (Å²) < 4.78 is 16.8. The molecule has 2 aliphatic rings. The van der Waals surface area contributed by atoms with Crippen LogP contribution in [0.1, 0.15) is 58.9 Å². The molecule has 1 aliphatic carbocycles. The molecule has 0 saturated carbocycles. The van der Waals surface area contributed by atoms with Gasteiger partial charge in [-0.3, -0.25) is 9.59 Å². The van der Waals surface area contributed by atoms with Crippen molar-refractivity contribution in [2.75, 3.05) is 13.2 Å². The Kier molecular flexibility index (Phi) is 6.49.